The van der Waals surface area contributed by atoms with E-state index in [1.165, 1.54) is 43.2 Å². The molecule has 0 bridgehead atoms. The minimum atomic E-state index is 0.685. The molecule has 0 unspecified atom stereocenters. The summed E-state index contributed by atoms with van der Waals surface area (Å²) in [7, 11) is 1.73. The van der Waals surface area contributed by atoms with E-state index in [9.17, 15) is 0 Å². The maximum absolute atomic E-state index is 5.66. The normalized spacial score (nSPS) is 17.1. The van der Waals surface area contributed by atoms with Crippen LogP contribution >= 0.6 is 0 Å². The maximum atomic E-state index is 5.66. The fourth-order valence-electron chi connectivity index (χ4n) is 2.84. The standard InChI is InChI=1S/C15H23NO/c1-17-15-8-7-13(11-14(15)9-10-16)12-5-3-2-4-6-12/h7-8,11-12H,2-6,9-10,16H2,1H3. The van der Waals surface area contributed by atoms with Gasteiger partial charge < -0.3 is 10.5 Å². The second-order valence-corrected chi connectivity index (χ2v) is 4.94. The van der Waals surface area contributed by atoms with Crippen molar-refractivity contribution in [1.82, 2.24) is 0 Å². The van der Waals surface area contributed by atoms with E-state index < -0.39 is 0 Å². The van der Waals surface area contributed by atoms with Crippen LogP contribution in [0.1, 0.15) is 49.1 Å². The van der Waals surface area contributed by atoms with E-state index in [0.717, 1.165) is 18.1 Å². The Hall–Kier alpha value is -1.02. The summed E-state index contributed by atoms with van der Waals surface area (Å²) in [5, 5.41) is 0. The van der Waals surface area contributed by atoms with Crippen molar-refractivity contribution in [3.05, 3.63) is 29.3 Å². The summed E-state index contributed by atoms with van der Waals surface area (Å²) in [4.78, 5) is 0. The van der Waals surface area contributed by atoms with E-state index in [-0.39, 0.29) is 0 Å². The van der Waals surface area contributed by atoms with Gasteiger partial charge in [-0.25, -0.2) is 0 Å². The molecule has 0 atom stereocenters. The Bertz CT molecular complexity index is 356. The molecule has 0 radical (unpaired) electrons. The van der Waals surface area contributed by atoms with Crippen LogP contribution < -0.4 is 10.5 Å². The number of hydrogen-bond acceptors (Lipinski definition) is 2. The van der Waals surface area contributed by atoms with Crippen molar-refractivity contribution in [3.8, 4) is 5.75 Å². The third kappa shape index (κ3) is 3.01. The van der Waals surface area contributed by atoms with Crippen molar-refractivity contribution in [2.75, 3.05) is 13.7 Å². The summed E-state index contributed by atoms with van der Waals surface area (Å²) in [5.74, 6) is 1.74. The van der Waals surface area contributed by atoms with E-state index in [0.29, 0.717) is 6.54 Å². The van der Waals surface area contributed by atoms with Gasteiger partial charge in [-0.2, -0.15) is 0 Å². The van der Waals surface area contributed by atoms with Crippen molar-refractivity contribution in [3.63, 3.8) is 0 Å². The predicted octanol–water partition coefficient (Wildman–Crippen LogP) is 3.24. The lowest BCUT2D eigenvalue weighted by Crippen LogP contribution is -2.08. The molecule has 17 heavy (non-hydrogen) atoms. The third-order valence-electron chi connectivity index (χ3n) is 3.79. The van der Waals surface area contributed by atoms with Gasteiger partial charge >= 0.3 is 0 Å². The summed E-state index contributed by atoms with van der Waals surface area (Å²) in [5.41, 5.74) is 8.40. The first-order chi connectivity index (χ1) is 8.35. The zero-order valence-electron chi connectivity index (χ0n) is 10.7. The Kier molecular flexibility index (Phi) is 4.43. The van der Waals surface area contributed by atoms with Crippen molar-refractivity contribution >= 4 is 0 Å². The van der Waals surface area contributed by atoms with Crippen LogP contribution in [-0.2, 0) is 6.42 Å². The molecule has 1 aromatic rings. The molecule has 0 aromatic heterocycles. The SMILES string of the molecule is COc1ccc(C2CCCCC2)cc1CCN. The van der Waals surface area contributed by atoms with Gasteiger partial charge in [-0.3, -0.25) is 0 Å². The highest BCUT2D eigenvalue weighted by Crippen LogP contribution is 2.34. The molecule has 1 fully saturated rings. The lowest BCUT2D eigenvalue weighted by Gasteiger charge is -2.23. The highest BCUT2D eigenvalue weighted by atomic mass is 16.5. The van der Waals surface area contributed by atoms with Gasteiger partial charge in [0.05, 0.1) is 7.11 Å². The number of methoxy groups -OCH3 is 1. The molecular weight excluding hydrogens is 210 g/mol. The Morgan fingerprint density at radius 1 is 1.24 bits per heavy atom. The number of ether oxygens (including phenoxy) is 1. The quantitative estimate of drug-likeness (QED) is 0.866. The van der Waals surface area contributed by atoms with E-state index >= 15 is 0 Å². The first kappa shape index (κ1) is 12.4. The lowest BCUT2D eigenvalue weighted by molar-refractivity contribution is 0.408. The van der Waals surface area contributed by atoms with Gasteiger partial charge in [-0.15, -0.1) is 0 Å². The zero-order chi connectivity index (χ0) is 12.1. The van der Waals surface area contributed by atoms with Crippen LogP contribution in [0.25, 0.3) is 0 Å². The van der Waals surface area contributed by atoms with Gasteiger partial charge in [0.15, 0.2) is 0 Å². The van der Waals surface area contributed by atoms with Crippen molar-refractivity contribution in [2.24, 2.45) is 5.73 Å². The molecule has 0 heterocycles. The van der Waals surface area contributed by atoms with Gasteiger partial charge in [0.1, 0.15) is 5.75 Å². The number of nitrogens with two attached hydrogens (primary N) is 1. The Morgan fingerprint density at radius 3 is 2.65 bits per heavy atom. The lowest BCUT2D eigenvalue weighted by atomic mass is 9.83. The molecular formula is C15H23NO. The molecule has 0 saturated heterocycles. The fourth-order valence-corrected chi connectivity index (χ4v) is 2.84. The van der Waals surface area contributed by atoms with Crippen molar-refractivity contribution in [2.45, 2.75) is 44.4 Å². The highest BCUT2D eigenvalue weighted by Gasteiger charge is 2.16. The highest BCUT2D eigenvalue weighted by molar-refractivity contribution is 5.39. The molecule has 2 N–H and O–H groups in total. The molecule has 0 amide bonds. The van der Waals surface area contributed by atoms with Crippen LogP contribution in [0.3, 0.4) is 0 Å². The third-order valence-corrected chi connectivity index (χ3v) is 3.79. The van der Waals surface area contributed by atoms with E-state index in [4.69, 9.17) is 10.5 Å². The van der Waals surface area contributed by atoms with Crippen molar-refractivity contribution in [1.29, 1.82) is 0 Å². The molecule has 2 heteroatoms. The van der Waals surface area contributed by atoms with Crippen LogP contribution in [-0.4, -0.2) is 13.7 Å². The second-order valence-electron chi connectivity index (χ2n) is 4.94. The van der Waals surface area contributed by atoms with Gasteiger partial charge in [0.2, 0.25) is 0 Å². The molecule has 1 aromatic carbocycles. The average molecular weight is 233 g/mol. The predicted molar refractivity (Wildman–Crippen MR) is 71.6 cm³/mol. The fraction of sp³-hybridized carbons (Fsp3) is 0.600. The van der Waals surface area contributed by atoms with Gasteiger partial charge in [0, 0.05) is 0 Å². The van der Waals surface area contributed by atoms with Crippen LogP contribution in [0.4, 0.5) is 0 Å². The summed E-state index contributed by atoms with van der Waals surface area (Å²) in [6.45, 7) is 0.685. The average Bonchev–Trinajstić information content (AvgIpc) is 2.40. The minimum Gasteiger partial charge on any atom is -0.496 e. The molecule has 1 aliphatic carbocycles. The molecule has 94 valence electrons. The monoisotopic (exact) mass is 233 g/mol. The van der Waals surface area contributed by atoms with Gasteiger partial charge in [-0.05, 0) is 48.9 Å². The second kappa shape index (κ2) is 6.06. The number of benzene rings is 1. The summed E-state index contributed by atoms with van der Waals surface area (Å²) in [6, 6.07) is 6.64. The van der Waals surface area contributed by atoms with Crippen LogP contribution in [0.15, 0.2) is 18.2 Å². The summed E-state index contributed by atoms with van der Waals surface area (Å²) < 4.78 is 5.38. The minimum absolute atomic E-state index is 0.685. The zero-order valence-corrected chi connectivity index (χ0v) is 10.7. The number of rotatable bonds is 4. The first-order valence-electron chi connectivity index (χ1n) is 6.72. The van der Waals surface area contributed by atoms with Crippen LogP contribution in [0.2, 0.25) is 0 Å². The first-order valence-corrected chi connectivity index (χ1v) is 6.72. The summed E-state index contributed by atoms with van der Waals surface area (Å²) in [6.07, 6.45) is 7.75. The van der Waals surface area contributed by atoms with E-state index in [1.807, 2.05) is 0 Å². The maximum Gasteiger partial charge on any atom is 0.122 e. The molecule has 2 nitrogen and oxygen atoms in total. The van der Waals surface area contributed by atoms with E-state index in [2.05, 4.69) is 18.2 Å². The molecule has 0 aliphatic heterocycles. The Balaban J connectivity index is 2.19. The number of hydrogen-bond donors (Lipinski definition) is 1. The molecule has 0 spiro atoms. The molecule has 1 aliphatic rings. The van der Waals surface area contributed by atoms with Gasteiger partial charge in [0.25, 0.3) is 0 Å². The molecule has 1 saturated carbocycles. The molecule has 2 rings (SSSR count). The Morgan fingerprint density at radius 2 is 2.00 bits per heavy atom. The van der Waals surface area contributed by atoms with Crippen molar-refractivity contribution < 1.29 is 4.74 Å². The summed E-state index contributed by atoms with van der Waals surface area (Å²) >= 11 is 0. The van der Waals surface area contributed by atoms with E-state index in [1.54, 1.807) is 7.11 Å². The van der Waals surface area contributed by atoms with Crippen LogP contribution in [0.5, 0.6) is 5.75 Å². The topological polar surface area (TPSA) is 35.2 Å². The smallest absolute Gasteiger partial charge is 0.122 e. The van der Waals surface area contributed by atoms with Crippen LogP contribution in [0, 0.1) is 0 Å². The Labute approximate surface area is 104 Å². The van der Waals surface area contributed by atoms with Gasteiger partial charge in [-0.1, -0.05) is 31.4 Å². The largest absolute Gasteiger partial charge is 0.496 e.